The molecule has 1 aromatic carbocycles. The minimum absolute atomic E-state index is 0.116. The molecular formula is C14H18BrN3. The molecule has 0 aromatic heterocycles. The Hall–Kier alpha value is -1.03. The molecule has 0 spiro atoms. The van der Waals surface area contributed by atoms with E-state index in [1.54, 1.807) is 0 Å². The largest absolute Gasteiger partial charge is 0.369 e. The van der Waals surface area contributed by atoms with E-state index in [0.29, 0.717) is 5.96 Å². The van der Waals surface area contributed by atoms with Gasteiger partial charge in [-0.15, -0.1) is 0 Å². The molecule has 1 heterocycles. The summed E-state index contributed by atoms with van der Waals surface area (Å²) in [4.78, 5) is 6.77. The molecule has 0 bridgehead atoms. The van der Waals surface area contributed by atoms with Crippen LogP contribution in [-0.4, -0.2) is 18.0 Å². The second-order valence-electron chi connectivity index (χ2n) is 5.22. The number of anilines is 1. The van der Waals surface area contributed by atoms with Gasteiger partial charge in [-0.2, -0.15) is 0 Å². The van der Waals surface area contributed by atoms with Crippen LogP contribution in [0.3, 0.4) is 0 Å². The molecule has 0 amide bonds. The molecule has 1 fully saturated rings. The molecule has 1 aliphatic carbocycles. The van der Waals surface area contributed by atoms with Crippen LogP contribution in [0, 0.1) is 5.92 Å². The molecule has 1 atom stereocenters. The summed E-state index contributed by atoms with van der Waals surface area (Å²) in [6.07, 6.45) is 3.71. The third-order valence-corrected chi connectivity index (χ3v) is 4.70. The lowest BCUT2D eigenvalue weighted by Gasteiger charge is -2.39. The number of hydrogen-bond acceptors (Lipinski definition) is 3. The number of benzene rings is 1. The lowest BCUT2D eigenvalue weighted by atomic mass is 9.88. The summed E-state index contributed by atoms with van der Waals surface area (Å²) in [5.74, 6) is 1.41. The second-order valence-corrected chi connectivity index (χ2v) is 6.14. The Balaban J connectivity index is 2.03. The van der Waals surface area contributed by atoms with Crippen LogP contribution in [0.5, 0.6) is 0 Å². The number of guanidine groups is 1. The van der Waals surface area contributed by atoms with Crippen molar-refractivity contribution in [3.05, 3.63) is 28.7 Å². The summed E-state index contributed by atoms with van der Waals surface area (Å²) in [7, 11) is 0. The third kappa shape index (κ3) is 1.74. The standard InChI is InChI=1S/C14H18BrN3/c1-2-14(10-6-7-10)9-17-13(16)18(14)12-5-3-4-11(15)8-12/h3-5,8,10H,2,6-7,9H2,1H3,(H2,16,17). The van der Waals surface area contributed by atoms with Crippen LogP contribution in [0.4, 0.5) is 5.69 Å². The van der Waals surface area contributed by atoms with Crippen LogP contribution in [-0.2, 0) is 0 Å². The first kappa shape index (κ1) is 12.0. The van der Waals surface area contributed by atoms with Gasteiger partial charge in [-0.3, -0.25) is 4.99 Å². The molecule has 1 aliphatic heterocycles. The maximum Gasteiger partial charge on any atom is 0.196 e. The van der Waals surface area contributed by atoms with Gasteiger partial charge >= 0.3 is 0 Å². The molecule has 1 saturated carbocycles. The van der Waals surface area contributed by atoms with Gasteiger partial charge < -0.3 is 10.6 Å². The highest BCUT2D eigenvalue weighted by atomic mass is 79.9. The summed E-state index contributed by atoms with van der Waals surface area (Å²) >= 11 is 3.53. The zero-order chi connectivity index (χ0) is 12.8. The van der Waals surface area contributed by atoms with Crippen molar-refractivity contribution in [1.82, 2.24) is 0 Å². The molecule has 0 saturated heterocycles. The molecule has 4 heteroatoms. The molecule has 1 unspecified atom stereocenters. The van der Waals surface area contributed by atoms with E-state index >= 15 is 0 Å². The molecular weight excluding hydrogens is 290 g/mol. The first-order chi connectivity index (χ1) is 8.67. The van der Waals surface area contributed by atoms with Gasteiger partial charge in [0, 0.05) is 10.2 Å². The number of aliphatic imine (C=N–C) groups is 1. The quantitative estimate of drug-likeness (QED) is 0.932. The lowest BCUT2D eigenvalue weighted by Crippen LogP contribution is -2.53. The number of halogens is 1. The molecule has 3 nitrogen and oxygen atoms in total. The van der Waals surface area contributed by atoms with Crippen molar-refractivity contribution < 1.29 is 0 Å². The first-order valence-electron chi connectivity index (χ1n) is 6.53. The highest BCUT2D eigenvalue weighted by Crippen LogP contribution is 2.48. The predicted octanol–water partition coefficient (Wildman–Crippen LogP) is 3.14. The minimum atomic E-state index is 0.116. The Labute approximate surface area is 116 Å². The van der Waals surface area contributed by atoms with Crippen molar-refractivity contribution in [2.75, 3.05) is 11.4 Å². The number of hydrogen-bond donors (Lipinski definition) is 1. The van der Waals surface area contributed by atoms with Crippen LogP contribution >= 0.6 is 15.9 Å². The first-order valence-corrected chi connectivity index (χ1v) is 7.32. The Morgan fingerprint density at radius 1 is 1.50 bits per heavy atom. The zero-order valence-corrected chi connectivity index (χ0v) is 12.2. The van der Waals surface area contributed by atoms with E-state index in [0.717, 1.165) is 29.0 Å². The monoisotopic (exact) mass is 307 g/mol. The fourth-order valence-corrected chi connectivity index (χ4v) is 3.47. The summed E-state index contributed by atoms with van der Waals surface area (Å²) in [5, 5.41) is 0. The summed E-state index contributed by atoms with van der Waals surface area (Å²) in [5.41, 5.74) is 7.40. The van der Waals surface area contributed by atoms with Gasteiger partial charge in [-0.05, 0) is 43.4 Å². The Morgan fingerprint density at radius 2 is 2.28 bits per heavy atom. The zero-order valence-electron chi connectivity index (χ0n) is 10.6. The maximum atomic E-state index is 6.14. The molecule has 18 heavy (non-hydrogen) atoms. The van der Waals surface area contributed by atoms with Crippen molar-refractivity contribution in [1.29, 1.82) is 0 Å². The minimum Gasteiger partial charge on any atom is -0.369 e. The van der Waals surface area contributed by atoms with Gasteiger partial charge in [0.05, 0.1) is 12.1 Å². The maximum absolute atomic E-state index is 6.14. The highest BCUT2D eigenvalue weighted by molar-refractivity contribution is 9.10. The molecule has 0 radical (unpaired) electrons. The highest BCUT2D eigenvalue weighted by Gasteiger charge is 2.52. The van der Waals surface area contributed by atoms with E-state index in [1.807, 2.05) is 6.07 Å². The molecule has 96 valence electrons. The number of nitrogens with zero attached hydrogens (tertiary/aromatic N) is 2. The molecule has 2 N–H and O–H groups in total. The van der Waals surface area contributed by atoms with Crippen molar-refractivity contribution in [3.63, 3.8) is 0 Å². The van der Waals surface area contributed by atoms with Crippen LogP contribution < -0.4 is 10.6 Å². The molecule has 2 aliphatic rings. The molecule has 1 aromatic rings. The van der Waals surface area contributed by atoms with Gasteiger partial charge in [0.2, 0.25) is 0 Å². The Morgan fingerprint density at radius 3 is 2.89 bits per heavy atom. The van der Waals surface area contributed by atoms with Gasteiger partial charge in [0.1, 0.15) is 0 Å². The van der Waals surface area contributed by atoms with E-state index in [-0.39, 0.29) is 5.54 Å². The summed E-state index contributed by atoms with van der Waals surface area (Å²) in [6, 6.07) is 8.34. The second kappa shape index (κ2) is 4.26. The van der Waals surface area contributed by atoms with E-state index in [4.69, 9.17) is 5.73 Å². The van der Waals surface area contributed by atoms with Crippen molar-refractivity contribution in [2.45, 2.75) is 31.7 Å². The smallest absolute Gasteiger partial charge is 0.196 e. The van der Waals surface area contributed by atoms with Crippen molar-refractivity contribution in [2.24, 2.45) is 16.6 Å². The number of rotatable bonds is 3. The van der Waals surface area contributed by atoms with Crippen LogP contribution in [0.25, 0.3) is 0 Å². The van der Waals surface area contributed by atoms with Gasteiger partial charge in [0.25, 0.3) is 0 Å². The van der Waals surface area contributed by atoms with Gasteiger partial charge in [0.15, 0.2) is 5.96 Å². The SMILES string of the molecule is CCC1(C2CC2)CN=C(N)N1c1cccc(Br)c1. The Kier molecular flexibility index (Phi) is 2.85. The molecule has 3 rings (SSSR count). The van der Waals surface area contributed by atoms with E-state index in [2.05, 4.69) is 50.9 Å². The van der Waals surface area contributed by atoms with Crippen molar-refractivity contribution in [3.8, 4) is 0 Å². The lowest BCUT2D eigenvalue weighted by molar-refractivity contribution is 0.386. The van der Waals surface area contributed by atoms with Crippen molar-refractivity contribution >= 4 is 27.6 Å². The van der Waals surface area contributed by atoms with Crippen LogP contribution in [0.2, 0.25) is 0 Å². The van der Waals surface area contributed by atoms with Gasteiger partial charge in [-0.25, -0.2) is 0 Å². The topological polar surface area (TPSA) is 41.6 Å². The Bertz CT molecular complexity index is 496. The number of nitrogens with two attached hydrogens (primary N) is 1. The van der Waals surface area contributed by atoms with Gasteiger partial charge in [-0.1, -0.05) is 28.9 Å². The van der Waals surface area contributed by atoms with Crippen LogP contribution in [0.15, 0.2) is 33.7 Å². The van der Waals surface area contributed by atoms with E-state index < -0.39 is 0 Å². The predicted molar refractivity (Wildman–Crippen MR) is 78.9 cm³/mol. The summed E-state index contributed by atoms with van der Waals surface area (Å²) in [6.45, 7) is 3.09. The fourth-order valence-electron chi connectivity index (χ4n) is 3.08. The van der Waals surface area contributed by atoms with E-state index in [9.17, 15) is 0 Å². The van der Waals surface area contributed by atoms with E-state index in [1.165, 1.54) is 12.8 Å². The third-order valence-electron chi connectivity index (χ3n) is 4.21. The summed E-state index contributed by atoms with van der Waals surface area (Å²) < 4.78 is 1.08. The fraction of sp³-hybridized carbons (Fsp3) is 0.500. The normalized spacial score (nSPS) is 27.4. The average Bonchev–Trinajstić information content (AvgIpc) is 3.14. The average molecular weight is 308 g/mol. The van der Waals surface area contributed by atoms with Crippen LogP contribution in [0.1, 0.15) is 26.2 Å².